The lowest BCUT2D eigenvalue weighted by Crippen LogP contribution is -2.48. The van der Waals surface area contributed by atoms with E-state index >= 15 is 0 Å². The second kappa shape index (κ2) is 6.58. The molecule has 0 atom stereocenters. The van der Waals surface area contributed by atoms with Gasteiger partial charge in [-0.15, -0.1) is 0 Å². The highest BCUT2D eigenvalue weighted by molar-refractivity contribution is 5.83. The van der Waals surface area contributed by atoms with Crippen LogP contribution in [0.25, 0.3) is 22.2 Å². The van der Waals surface area contributed by atoms with Crippen molar-refractivity contribution >= 4 is 28.3 Å². The number of nitrogens with zero attached hydrogens (tertiary/aromatic N) is 5. The zero-order valence-electron chi connectivity index (χ0n) is 15.3. The number of halogens is 2. The van der Waals surface area contributed by atoms with Crippen LogP contribution in [0.1, 0.15) is 17.3 Å². The van der Waals surface area contributed by atoms with Crippen molar-refractivity contribution in [1.82, 2.24) is 29.4 Å². The number of amides is 1. The highest BCUT2D eigenvalue weighted by Gasteiger charge is 2.35. The van der Waals surface area contributed by atoms with Crippen LogP contribution in [0.5, 0.6) is 0 Å². The zero-order chi connectivity index (χ0) is 21.0. The van der Waals surface area contributed by atoms with E-state index in [1.54, 1.807) is 4.57 Å². The van der Waals surface area contributed by atoms with E-state index in [1.165, 1.54) is 29.4 Å². The van der Waals surface area contributed by atoms with Gasteiger partial charge in [0.25, 0.3) is 0 Å². The van der Waals surface area contributed by atoms with Crippen LogP contribution in [0.3, 0.4) is 0 Å². The fourth-order valence-electron chi connectivity index (χ4n) is 3.77. The predicted octanol–water partition coefficient (Wildman–Crippen LogP) is 2.07. The number of hydrogen-bond donors (Lipinski definition) is 2. The molecule has 3 aromatic heterocycles. The van der Waals surface area contributed by atoms with Crippen molar-refractivity contribution < 1.29 is 18.7 Å². The van der Waals surface area contributed by atoms with Crippen molar-refractivity contribution in [3.63, 3.8) is 0 Å². The van der Waals surface area contributed by atoms with Gasteiger partial charge < -0.3 is 19.6 Å². The largest absolute Gasteiger partial charge is 0.465 e. The van der Waals surface area contributed by atoms with Crippen LogP contribution in [0.15, 0.2) is 35.4 Å². The first-order valence-electron chi connectivity index (χ1n) is 9.07. The quantitative estimate of drug-likeness (QED) is 0.532. The van der Waals surface area contributed by atoms with E-state index in [2.05, 4.69) is 19.9 Å². The smallest absolute Gasteiger partial charge is 0.407 e. The molecule has 2 N–H and O–H groups in total. The molecule has 0 spiro atoms. The minimum Gasteiger partial charge on any atom is -0.465 e. The Morgan fingerprint density at radius 2 is 2.00 bits per heavy atom. The standard InChI is InChI=1S/C19H14F2N6O3/c20-12-2-1-11-9(5-13(28)24-15(11)14(12)21)8-27-17(10-6-26(7-10)19(29)30)25-16-18(27)23-4-3-22-16/h1-5,10H,6-8H2,(H,24,28)(H,29,30). The van der Waals surface area contributed by atoms with E-state index in [9.17, 15) is 18.4 Å². The third-order valence-corrected chi connectivity index (χ3v) is 5.25. The van der Waals surface area contributed by atoms with Gasteiger partial charge in [-0.2, -0.15) is 0 Å². The molecule has 4 aromatic rings. The van der Waals surface area contributed by atoms with E-state index < -0.39 is 23.3 Å². The third kappa shape index (κ3) is 2.78. The van der Waals surface area contributed by atoms with Crippen molar-refractivity contribution in [2.75, 3.05) is 13.1 Å². The normalized spacial score (nSPS) is 14.4. The maximum atomic E-state index is 14.2. The molecular weight excluding hydrogens is 398 g/mol. The molecule has 11 heteroatoms. The Kier molecular flexibility index (Phi) is 3.98. The Labute approximate surface area is 166 Å². The molecule has 1 aromatic carbocycles. The summed E-state index contributed by atoms with van der Waals surface area (Å²) in [6, 6.07) is 3.72. The number of pyridine rings is 1. The number of aromatic amines is 1. The second-order valence-corrected chi connectivity index (χ2v) is 7.09. The summed E-state index contributed by atoms with van der Waals surface area (Å²) in [5.74, 6) is -1.78. The number of nitrogens with one attached hydrogen (secondary N) is 1. The van der Waals surface area contributed by atoms with Crippen LogP contribution in [0, 0.1) is 11.6 Å². The molecule has 0 saturated carbocycles. The molecule has 30 heavy (non-hydrogen) atoms. The summed E-state index contributed by atoms with van der Waals surface area (Å²) in [7, 11) is 0. The number of hydrogen-bond acceptors (Lipinski definition) is 5. The van der Waals surface area contributed by atoms with E-state index in [0.29, 0.717) is 28.1 Å². The molecule has 0 bridgehead atoms. The monoisotopic (exact) mass is 412 g/mol. The average Bonchev–Trinajstić information content (AvgIpc) is 3.02. The van der Waals surface area contributed by atoms with Crippen LogP contribution >= 0.6 is 0 Å². The molecule has 1 fully saturated rings. The topological polar surface area (TPSA) is 117 Å². The summed E-state index contributed by atoms with van der Waals surface area (Å²) in [4.78, 5) is 39.8. The van der Waals surface area contributed by atoms with Crippen LogP contribution in [0.4, 0.5) is 13.6 Å². The fourth-order valence-corrected chi connectivity index (χ4v) is 3.77. The van der Waals surface area contributed by atoms with Gasteiger partial charge in [-0.25, -0.2) is 28.5 Å². The number of H-pyrrole nitrogens is 1. The Balaban J connectivity index is 1.64. The molecule has 9 nitrogen and oxygen atoms in total. The van der Waals surface area contributed by atoms with Crippen LogP contribution < -0.4 is 5.56 Å². The Morgan fingerprint density at radius 3 is 2.77 bits per heavy atom. The van der Waals surface area contributed by atoms with Crippen LogP contribution in [-0.2, 0) is 6.54 Å². The van der Waals surface area contributed by atoms with Gasteiger partial charge in [0, 0.05) is 36.9 Å². The zero-order valence-corrected chi connectivity index (χ0v) is 15.3. The molecule has 0 unspecified atom stereocenters. The number of fused-ring (bicyclic) bond motifs is 2. The van der Waals surface area contributed by atoms with Gasteiger partial charge in [0.15, 0.2) is 22.9 Å². The lowest BCUT2D eigenvalue weighted by Gasteiger charge is -2.36. The Hall–Kier alpha value is -3.89. The maximum Gasteiger partial charge on any atom is 0.407 e. The van der Waals surface area contributed by atoms with Crippen molar-refractivity contribution in [3.8, 4) is 0 Å². The van der Waals surface area contributed by atoms with Crippen molar-refractivity contribution in [2.45, 2.75) is 12.5 Å². The minimum absolute atomic E-state index is 0.111. The number of benzene rings is 1. The van der Waals surface area contributed by atoms with Crippen LogP contribution in [0.2, 0.25) is 0 Å². The third-order valence-electron chi connectivity index (χ3n) is 5.25. The Bertz CT molecular complexity index is 1380. The predicted molar refractivity (Wildman–Crippen MR) is 101 cm³/mol. The molecule has 1 aliphatic rings. The van der Waals surface area contributed by atoms with E-state index in [4.69, 9.17) is 5.11 Å². The lowest BCUT2D eigenvalue weighted by molar-refractivity contribution is 0.102. The minimum atomic E-state index is -1.13. The highest BCUT2D eigenvalue weighted by atomic mass is 19.2. The maximum absolute atomic E-state index is 14.2. The molecule has 152 valence electrons. The molecule has 1 aliphatic heterocycles. The number of likely N-dealkylation sites (tertiary alicyclic amines) is 1. The van der Waals surface area contributed by atoms with Crippen molar-refractivity contribution in [1.29, 1.82) is 0 Å². The number of aromatic nitrogens is 5. The summed E-state index contributed by atoms with van der Waals surface area (Å²) in [6.07, 6.45) is 1.98. The average molecular weight is 412 g/mol. The first-order valence-corrected chi connectivity index (χ1v) is 9.07. The summed E-state index contributed by atoms with van der Waals surface area (Å²) in [5.41, 5.74) is 0.508. The van der Waals surface area contributed by atoms with Gasteiger partial charge in [-0.05, 0) is 17.7 Å². The molecule has 0 aliphatic carbocycles. The second-order valence-electron chi connectivity index (χ2n) is 7.09. The first kappa shape index (κ1) is 18.2. The number of carboxylic acid groups (broad SMARTS) is 1. The molecular formula is C19H14F2N6O3. The van der Waals surface area contributed by atoms with E-state index in [1.807, 2.05) is 0 Å². The van der Waals surface area contributed by atoms with Gasteiger partial charge in [-0.3, -0.25) is 4.79 Å². The lowest BCUT2D eigenvalue weighted by atomic mass is 9.99. The molecule has 0 radical (unpaired) electrons. The molecule has 1 amide bonds. The van der Waals surface area contributed by atoms with E-state index in [-0.39, 0.29) is 31.1 Å². The van der Waals surface area contributed by atoms with Crippen molar-refractivity contribution in [2.24, 2.45) is 0 Å². The first-order chi connectivity index (χ1) is 14.4. The number of imidazole rings is 1. The van der Waals surface area contributed by atoms with Gasteiger partial charge in [0.2, 0.25) is 5.56 Å². The summed E-state index contributed by atoms with van der Waals surface area (Å²) < 4.78 is 29.6. The van der Waals surface area contributed by atoms with Crippen molar-refractivity contribution in [3.05, 3.63) is 64.0 Å². The van der Waals surface area contributed by atoms with Gasteiger partial charge in [0.05, 0.1) is 18.0 Å². The van der Waals surface area contributed by atoms with Crippen LogP contribution in [-0.4, -0.2) is 53.7 Å². The van der Waals surface area contributed by atoms with Gasteiger partial charge in [-0.1, -0.05) is 0 Å². The highest BCUT2D eigenvalue weighted by Crippen LogP contribution is 2.30. The van der Waals surface area contributed by atoms with Gasteiger partial charge in [0.1, 0.15) is 5.82 Å². The Morgan fingerprint density at radius 1 is 1.23 bits per heavy atom. The van der Waals surface area contributed by atoms with E-state index in [0.717, 1.165) is 6.07 Å². The number of rotatable bonds is 3. The summed E-state index contributed by atoms with van der Waals surface area (Å²) in [6.45, 7) is 0.656. The molecule has 1 saturated heterocycles. The molecule has 5 rings (SSSR count). The summed E-state index contributed by atoms with van der Waals surface area (Å²) in [5, 5.41) is 9.46. The number of carbonyl (C=O) groups is 1. The SMILES string of the molecule is O=C(O)N1CC(c2nc3nccnc3n2Cc2cc(=O)[nH]c3c(F)c(F)ccc23)C1. The summed E-state index contributed by atoms with van der Waals surface area (Å²) >= 11 is 0. The van der Waals surface area contributed by atoms with Gasteiger partial charge >= 0.3 is 6.09 Å². The molecule has 4 heterocycles. The fraction of sp³-hybridized carbons (Fsp3) is 0.211.